The molecule has 10 nitrogen and oxygen atoms in total. The van der Waals surface area contributed by atoms with Gasteiger partial charge in [0.05, 0.1) is 37.3 Å². The number of halogens is 1. The normalized spacial score (nSPS) is 15.6. The molecular weight excluding hydrogens is 551 g/mol. The molecule has 5 rings (SSSR count). The lowest BCUT2D eigenvalue weighted by molar-refractivity contribution is 0.0374. The van der Waals surface area contributed by atoms with Crippen LogP contribution in [0.5, 0.6) is 5.75 Å². The number of methoxy groups -OCH3 is 1. The van der Waals surface area contributed by atoms with Crippen molar-refractivity contribution < 1.29 is 23.5 Å². The van der Waals surface area contributed by atoms with Crippen LogP contribution in [0.1, 0.15) is 16.8 Å². The predicted octanol–water partition coefficient (Wildman–Crippen LogP) is 4.26. The standard InChI is InChI=1S/C32H39FN6O4/c1-42-30-10-5-4-9-29(30)39-17-15-38(16-18-39)28-12-11-24(35-32(41)36-27-8-3-2-7-26(27)33)23-25(28)31(40)34-13-6-14-37-19-21-43-22-20-37/h2-5,7-12,23H,6,13-22H2,1H3,(H,34,40)(H2,35,36,41). The third kappa shape index (κ3) is 7.94. The van der Waals surface area contributed by atoms with Gasteiger partial charge in [0.15, 0.2) is 0 Å². The van der Waals surface area contributed by atoms with E-state index in [1.165, 1.54) is 12.1 Å². The van der Waals surface area contributed by atoms with Gasteiger partial charge in [-0.2, -0.15) is 0 Å². The minimum absolute atomic E-state index is 0.0720. The van der Waals surface area contributed by atoms with Crippen LogP contribution in [0.15, 0.2) is 66.7 Å². The van der Waals surface area contributed by atoms with Crippen molar-refractivity contribution in [3.8, 4) is 5.75 Å². The van der Waals surface area contributed by atoms with Gasteiger partial charge < -0.3 is 35.2 Å². The number of amides is 3. The third-order valence-corrected chi connectivity index (χ3v) is 7.71. The molecule has 0 radical (unpaired) electrons. The molecule has 2 aliphatic heterocycles. The first-order valence-electron chi connectivity index (χ1n) is 14.7. The number of hydrogen-bond donors (Lipinski definition) is 3. The fourth-order valence-electron chi connectivity index (χ4n) is 5.42. The highest BCUT2D eigenvalue weighted by atomic mass is 19.1. The predicted molar refractivity (Wildman–Crippen MR) is 167 cm³/mol. The fraction of sp³-hybridized carbons (Fsp3) is 0.375. The molecule has 11 heteroatoms. The van der Waals surface area contributed by atoms with Crippen LogP contribution in [-0.2, 0) is 4.74 Å². The van der Waals surface area contributed by atoms with Crippen LogP contribution in [0.3, 0.4) is 0 Å². The first-order valence-corrected chi connectivity index (χ1v) is 14.7. The van der Waals surface area contributed by atoms with Gasteiger partial charge in [0, 0.05) is 57.2 Å². The fourth-order valence-corrected chi connectivity index (χ4v) is 5.42. The van der Waals surface area contributed by atoms with E-state index in [2.05, 4.69) is 36.7 Å². The van der Waals surface area contributed by atoms with E-state index < -0.39 is 11.8 Å². The molecule has 0 bridgehead atoms. The monoisotopic (exact) mass is 590 g/mol. The molecule has 2 fully saturated rings. The van der Waals surface area contributed by atoms with E-state index in [1.807, 2.05) is 24.3 Å². The van der Waals surface area contributed by atoms with Gasteiger partial charge in [-0.3, -0.25) is 9.69 Å². The number of para-hydroxylation sites is 3. The van der Waals surface area contributed by atoms with Crippen LogP contribution in [0.2, 0.25) is 0 Å². The molecule has 43 heavy (non-hydrogen) atoms. The van der Waals surface area contributed by atoms with Crippen LogP contribution >= 0.6 is 0 Å². The first kappa shape index (κ1) is 30.1. The Morgan fingerprint density at radius 3 is 2.30 bits per heavy atom. The zero-order chi connectivity index (χ0) is 30.0. The van der Waals surface area contributed by atoms with Gasteiger partial charge in [-0.25, -0.2) is 9.18 Å². The molecular formula is C32H39FN6O4. The maximum atomic E-state index is 14.0. The molecule has 0 aliphatic carbocycles. The molecule has 3 aromatic rings. The lowest BCUT2D eigenvalue weighted by atomic mass is 10.1. The molecule has 0 spiro atoms. The Morgan fingerprint density at radius 2 is 1.56 bits per heavy atom. The van der Waals surface area contributed by atoms with Crippen molar-refractivity contribution in [1.29, 1.82) is 0 Å². The summed E-state index contributed by atoms with van der Waals surface area (Å²) in [5, 5.41) is 8.33. The number of hydrogen-bond acceptors (Lipinski definition) is 7. The van der Waals surface area contributed by atoms with E-state index >= 15 is 0 Å². The summed E-state index contributed by atoms with van der Waals surface area (Å²) in [7, 11) is 1.67. The lowest BCUT2D eigenvalue weighted by Crippen LogP contribution is -2.47. The Morgan fingerprint density at radius 1 is 0.860 bits per heavy atom. The van der Waals surface area contributed by atoms with E-state index in [1.54, 1.807) is 31.4 Å². The summed E-state index contributed by atoms with van der Waals surface area (Å²) in [4.78, 5) is 33.0. The highest BCUT2D eigenvalue weighted by Gasteiger charge is 2.24. The summed E-state index contributed by atoms with van der Waals surface area (Å²) in [5.41, 5.74) is 2.82. The zero-order valence-corrected chi connectivity index (χ0v) is 24.5. The second-order valence-electron chi connectivity index (χ2n) is 10.5. The second-order valence-corrected chi connectivity index (χ2v) is 10.5. The summed E-state index contributed by atoms with van der Waals surface area (Å²) in [6, 6.07) is 18.6. The Bertz CT molecular complexity index is 1390. The molecule has 3 amide bonds. The van der Waals surface area contributed by atoms with E-state index in [0.717, 1.165) is 69.5 Å². The van der Waals surface area contributed by atoms with Gasteiger partial charge in [-0.1, -0.05) is 24.3 Å². The maximum Gasteiger partial charge on any atom is 0.323 e. The molecule has 2 aliphatic rings. The SMILES string of the molecule is COc1ccccc1N1CCN(c2ccc(NC(=O)Nc3ccccc3F)cc2C(=O)NCCCN2CCOCC2)CC1. The smallest absolute Gasteiger partial charge is 0.323 e. The van der Waals surface area contributed by atoms with Crippen molar-refractivity contribution in [1.82, 2.24) is 10.2 Å². The number of piperazine rings is 1. The Hall–Kier alpha value is -4.35. The largest absolute Gasteiger partial charge is 0.495 e. The summed E-state index contributed by atoms with van der Waals surface area (Å²) in [6.45, 7) is 7.63. The number of nitrogens with one attached hydrogen (secondary N) is 3. The van der Waals surface area contributed by atoms with Crippen LogP contribution < -0.4 is 30.5 Å². The van der Waals surface area contributed by atoms with Crippen molar-refractivity contribution in [2.75, 3.05) is 93.1 Å². The summed E-state index contributed by atoms with van der Waals surface area (Å²) < 4.78 is 25.0. The number of carbonyl (C=O) groups is 2. The van der Waals surface area contributed by atoms with Crippen LogP contribution in [-0.4, -0.2) is 89.5 Å². The van der Waals surface area contributed by atoms with Gasteiger partial charge in [-0.05, 0) is 55.4 Å². The van der Waals surface area contributed by atoms with Crippen molar-refractivity contribution in [2.24, 2.45) is 0 Å². The summed E-state index contributed by atoms with van der Waals surface area (Å²) >= 11 is 0. The van der Waals surface area contributed by atoms with Crippen molar-refractivity contribution >= 4 is 34.7 Å². The molecule has 0 unspecified atom stereocenters. The van der Waals surface area contributed by atoms with Crippen molar-refractivity contribution in [3.63, 3.8) is 0 Å². The van der Waals surface area contributed by atoms with Crippen molar-refractivity contribution in [2.45, 2.75) is 6.42 Å². The number of ether oxygens (including phenoxy) is 2. The number of rotatable bonds is 10. The maximum absolute atomic E-state index is 14.0. The molecule has 3 aromatic carbocycles. The molecule has 3 N–H and O–H groups in total. The Kier molecular flexibility index (Phi) is 10.3. The summed E-state index contributed by atoms with van der Waals surface area (Å²) in [6.07, 6.45) is 0.821. The number of urea groups is 1. The molecule has 2 saturated heterocycles. The van der Waals surface area contributed by atoms with Gasteiger partial charge in [0.2, 0.25) is 0 Å². The van der Waals surface area contributed by atoms with Gasteiger partial charge >= 0.3 is 6.03 Å². The Balaban J connectivity index is 1.27. The number of nitrogens with zero attached hydrogens (tertiary/aromatic N) is 3. The van der Waals surface area contributed by atoms with Gasteiger partial charge in [0.1, 0.15) is 11.6 Å². The average molecular weight is 591 g/mol. The molecule has 2 heterocycles. The van der Waals surface area contributed by atoms with E-state index in [9.17, 15) is 14.0 Å². The number of anilines is 4. The van der Waals surface area contributed by atoms with Gasteiger partial charge in [-0.15, -0.1) is 0 Å². The Labute approximate surface area is 251 Å². The van der Waals surface area contributed by atoms with Gasteiger partial charge in [0.25, 0.3) is 5.91 Å². The van der Waals surface area contributed by atoms with E-state index in [4.69, 9.17) is 9.47 Å². The lowest BCUT2D eigenvalue weighted by Gasteiger charge is -2.38. The second kappa shape index (κ2) is 14.7. The number of benzene rings is 3. The third-order valence-electron chi connectivity index (χ3n) is 7.71. The quantitative estimate of drug-likeness (QED) is 0.304. The number of morpholine rings is 1. The summed E-state index contributed by atoms with van der Waals surface area (Å²) in [5.74, 6) is 0.0943. The number of carbonyl (C=O) groups excluding carboxylic acids is 2. The van der Waals surface area contributed by atoms with Crippen molar-refractivity contribution in [3.05, 3.63) is 78.1 Å². The van der Waals surface area contributed by atoms with E-state index in [0.29, 0.717) is 30.9 Å². The highest BCUT2D eigenvalue weighted by Crippen LogP contribution is 2.31. The van der Waals surface area contributed by atoms with E-state index in [-0.39, 0.29) is 11.6 Å². The minimum atomic E-state index is -0.597. The van der Waals surface area contributed by atoms with Crippen LogP contribution in [0, 0.1) is 5.82 Å². The molecule has 228 valence electrons. The first-order chi connectivity index (χ1) is 21.0. The average Bonchev–Trinajstić information content (AvgIpc) is 3.04. The topological polar surface area (TPSA) is 98.4 Å². The van der Waals surface area contributed by atoms with Crippen LogP contribution in [0.25, 0.3) is 0 Å². The van der Waals surface area contributed by atoms with Crippen LogP contribution in [0.4, 0.5) is 31.9 Å². The molecule has 0 saturated carbocycles. The zero-order valence-electron chi connectivity index (χ0n) is 24.5. The molecule has 0 atom stereocenters. The molecule has 0 aromatic heterocycles. The highest BCUT2D eigenvalue weighted by molar-refractivity contribution is 6.04. The minimum Gasteiger partial charge on any atom is -0.495 e.